The fourth-order valence-electron chi connectivity index (χ4n) is 1.56. The summed E-state index contributed by atoms with van der Waals surface area (Å²) >= 11 is 0. The van der Waals surface area contributed by atoms with E-state index in [2.05, 4.69) is 43.3 Å². The molecule has 0 aliphatic heterocycles. The van der Waals surface area contributed by atoms with Crippen molar-refractivity contribution in [3.05, 3.63) is 35.9 Å². The first-order valence-corrected chi connectivity index (χ1v) is 5.13. The summed E-state index contributed by atoms with van der Waals surface area (Å²) < 4.78 is 0. The van der Waals surface area contributed by atoms with Crippen LogP contribution in [0.2, 0.25) is 0 Å². The molecule has 0 heterocycles. The van der Waals surface area contributed by atoms with Crippen LogP contribution in [-0.2, 0) is 0 Å². The molecule has 1 unspecified atom stereocenters. The monoisotopic (exact) mass is 192 g/mol. The van der Waals surface area contributed by atoms with Gasteiger partial charge in [0.1, 0.15) is 0 Å². The van der Waals surface area contributed by atoms with Crippen molar-refractivity contribution in [3.63, 3.8) is 0 Å². The van der Waals surface area contributed by atoms with Crippen LogP contribution in [0, 0.1) is 0 Å². The summed E-state index contributed by atoms with van der Waals surface area (Å²) in [6, 6.07) is 10.5. The van der Waals surface area contributed by atoms with Crippen molar-refractivity contribution in [3.8, 4) is 0 Å². The molecule has 1 rings (SSSR count). The smallest absolute Gasteiger partial charge is 0.000776 e. The Kier molecular flexibility index (Phi) is 4.63. The zero-order valence-electron chi connectivity index (χ0n) is 9.11. The van der Waals surface area contributed by atoms with Gasteiger partial charge in [-0.1, -0.05) is 30.3 Å². The minimum Gasteiger partial charge on any atom is -0.330 e. The molecule has 14 heavy (non-hydrogen) atoms. The number of nitrogens with zero attached hydrogens (tertiary/aromatic N) is 1. The van der Waals surface area contributed by atoms with Gasteiger partial charge in [0.25, 0.3) is 0 Å². The lowest BCUT2D eigenvalue weighted by Gasteiger charge is -2.17. The van der Waals surface area contributed by atoms with E-state index in [0.29, 0.717) is 5.92 Å². The van der Waals surface area contributed by atoms with E-state index in [9.17, 15) is 0 Å². The van der Waals surface area contributed by atoms with Gasteiger partial charge in [-0.25, -0.2) is 0 Å². The summed E-state index contributed by atoms with van der Waals surface area (Å²) in [5, 5.41) is 0. The van der Waals surface area contributed by atoms with Gasteiger partial charge in [0.15, 0.2) is 0 Å². The van der Waals surface area contributed by atoms with Crippen LogP contribution in [0.3, 0.4) is 0 Å². The molecule has 2 N–H and O–H groups in total. The van der Waals surface area contributed by atoms with Crippen molar-refractivity contribution in [2.45, 2.75) is 12.3 Å². The molecule has 2 nitrogen and oxygen atoms in total. The molecule has 0 radical (unpaired) electrons. The topological polar surface area (TPSA) is 29.3 Å². The highest BCUT2D eigenvalue weighted by Gasteiger charge is 2.08. The van der Waals surface area contributed by atoms with E-state index >= 15 is 0 Å². The zero-order chi connectivity index (χ0) is 10.4. The summed E-state index contributed by atoms with van der Waals surface area (Å²) in [7, 11) is 4.19. The Morgan fingerprint density at radius 3 is 2.36 bits per heavy atom. The summed E-state index contributed by atoms with van der Waals surface area (Å²) in [6.07, 6.45) is 1.13. The van der Waals surface area contributed by atoms with Gasteiger partial charge in [0.2, 0.25) is 0 Å². The van der Waals surface area contributed by atoms with Gasteiger partial charge in [-0.15, -0.1) is 0 Å². The maximum atomic E-state index is 5.77. The molecular formula is C12H20N2. The van der Waals surface area contributed by atoms with Crippen LogP contribution >= 0.6 is 0 Å². The average Bonchev–Trinajstić information content (AvgIpc) is 2.20. The average molecular weight is 192 g/mol. The SMILES string of the molecule is CN(C)CCC(CN)c1ccccc1. The van der Waals surface area contributed by atoms with Gasteiger partial charge in [-0.2, -0.15) is 0 Å². The van der Waals surface area contributed by atoms with Crippen molar-refractivity contribution in [1.29, 1.82) is 0 Å². The van der Waals surface area contributed by atoms with Gasteiger partial charge in [0, 0.05) is 0 Å². The molecule has 2 heteroatoms. The molecule has 0 spiro atoms. The number of benzene rings is 1. The minimum atomic E-state index is 0.499. The number of rotatable bonds is 5. The standard InChI is InChI=1S/C12H20N2/c1-14(2)9-8-12(10-13)11-6-4-3-5-7-11/h3-7,12H,8-10,13H2,1-2H3. The Morgan fingerprint density at radius 1 is 1.21 bits per heavy atom. The summed E-state index contributed by atoms with van der Waals surface area (Å²) in [6.45, 7) is 1.83. The van der Waals surface area contributed by atoms with Crippen molar-refractivity contribution < 1.29 is 0 Å². The van der Waals surface area contributed by atoms with Gasteiger partial charge in [0.05, 0.1) is 0 Å². The maximum Gasteiger partial charge on any atom is -0.000776 e. The van der Waals surface area contributed by atoms with Crippen LogP contribution in [0.5, 0.6) is 0 Å². The van der Waals surface area contributed by atoms with E-state index < -0.39 is 0 Å². The number of nitrogens with two attached hydrogens (primary N) is 1. The summed E-state index contributed by atoms with van der Waals surface area (Å²) in [5.74, 6) is 0.499. The molecule has 1 atom stereocenters. The Balaban J connectivity index is 2.54. The number of hydrogen-bond donors (Lipinski definition) is 1. The molecule has 78 valence electrons. The number of hydrogen-bond acceptors (Lipinski definition) is 2. The van der Waals surface area contributed by atoms with Crippen LogP contribution in [0.4, 0.5) is 0 Å². The zero-order valence-corrected chi connectivity index (χ0v) is 9.11. The predicted molar refractivity (Wildman–Crippen MR) is 61.4 cm³/mol. The third-order valence-corrected chi connectivity index (χ3v) is 2.48. The molecule has 0 aliphatic rings. The van der Waals surface area contributed by atoms with Crippen LogP contribution < -0.4 is 5.73 Å². The normalized spacial score (nSPS) is 13.1. The van der Waals surface area contributed by atoms with Crippen molar-refractivity contribution in [2.24, 2.45) is 5.73 Å². The molecule has 0 bridgehead atoms. The highest BCUT2D eigenvalue weighted by atomic mass is 15.0. The largest absolute Gasteiger partial charge is 0.330 e. The third kappa shape index (κ3) is 3.48. The van der Waals surface area contributed by atoms with Gasteiger partial charge >= 0.3 is 0 Å². The van der Waals surface area contributed by atoms with Crippen molar-refractivity contribution in [2.75, 3.05) is 27.2 Å². The lowest BCUT2D eigenvalue weighted by atomic mass is 9.96. The van der Waals surface area contributed by atoms with Crippen molar-refractivity contribution in [1.82, 2.24) is 4.90 Å². The predicted octanol–water partition coefficient (Wildman–Crippen LogP) is 1.68. The van der Waals surface area contributed by atoms with Crippen LogP contribution in [-0.4, -0.2) is 32.1 Å². The Labute approximate surface area is 86.7 Å². The van der Waals surface area contributed by atoms with E-state index in [0.717, 1.165) is 19.5 Å². The van der Waals surface area contributed by atoms with Gasteiger partial charge in [-0.05, 0) is 45.1 Å². The Hall–Kier alpha value is -0.860. The molecule has 0 saturated heterocycles. The van der Waals surface area contributed by atoms with Crippen LogP contribution in [0.15, 0.2) is 30.3 Å². The molecule has 0 saturated carbocycles. The molecular weight excluding hydrogens is 172 g/mol. The molecule has 1 aromatic rings. The fraction of sp³-hybridized carbons (Fsp3) is 0.500. The molecule has 0 aliphatic carbocycles. The van der Waals surface area contributed by atoms with E-state index in [1.807, 2.05) is 6.07 Å². The van der Waals surface area contributed by atoms with E-state index in [-0.39, 0.29) is 0 Å². The van der Waals surface area contributed by atoms with E-state index in [1.54, 1.807) is 0 Å². The second-order valence-corrected chi connectivity index (χ2v) is 3.94. The maximum absolute atomic E-state index is 5.77. The fourth-order valence-corrected chi connectivity index (χ4v) is 1.56. The first-order chi connectivity index (χ1) is 6.74. The quantitative estimate of drug-likeness (QED) is 0.769. The van der Waals surface area contributed by atoms with Gasteiger partial charge < -0.3 is 10.6 Å². The third-order valence-electron chi connectivity index (χ3n) is 2.48. The lowest BCUT2D eigenvalue weighted by molar-refractivity contribution is 0.382. The summed E-state index contributed by atoms with van der Waals surface area (Å²) in [4.78, 5) is 2.20. The van der Waals surface area contributed by atoms with Crippen LogP contribution in [0.25, 0.3) is 0 Å². The second kappa shape index (κ2) is 5.78. The first-order valence-electron chi connectivity index (χ1n) is 5.13. The van der Waals surface area contributed by atoms with Crippen molar-refractivity contribution >= 4 is 0 Å². The molecule has 1 aromatic carbocycles. The Bertz CT molecular complexity index is 244. The molecule has 0 aromatic heterocycles. The summed E-state index contributed by atoms with van der Waals surface area (Å²) in [5.41, 5.74) is 7.13. The highest BCUT2D eigenvalue weighted by molar-refractivity contribution is 5.19. The molecule has 0 fully saturated rings. The van der Waals surface area contributed by atoms with Gasteiger partial charge in [-0.3, -0.25) is 0 Å². The van der Waals surface area contributed by atoms with E-state index in [4.69, 9.17) is 5.73 Å². The first kappa shape index (κ1) is 11.2. The van der Waals surface area contributed by atoms with Crippen LogP contribution in [0.1, 0.15) is 17.9 Å². The molecule has 0 amide bonds. The van der Waals surface area contributed by atoms with E-state index in [1.165, 1.54) is 5.56 Å². The minimum absolute atomic E-state index is 0.499. The lowest BCUT2D eigenvalue weighted by Crippen LogP contribution is -2.20. The Morgan fingerprint density at radius 2 is 1.86 bits per heavy atom. The highest BCUT2D eigenvalue weighted by Crippen LogP contribution is 2.17. The second-order valence-electron chi connectivity index (χ2n) is 3.94.